The van der Waals surface area contributed by atoms with Gasteiger partial charge in [0.15, 0.2) is 0 Å². The second-order valence-electron chi connectivity index (χ2n) is 5.10. The number of carbonyl (C=O) groups is 1. The van der Waals surface area contributed by atoms with Crippen LogP contribution in [-0.4, -0.2) is 22.8 Å². The third-order valence-corrected chi connectivity index (χ3v) is 2.11. The summed E-state index contributed by atoms with van der Waals surface area (Å²) in [5.74, 6) is 0. The number of nitro groups is 1. The maximum Gasteiger partial charge on any atom is 0.428 e. The highest BCUT2D eigenvalue weighted by Crippen LogP contribution is 2.12. The van der Waals surface area contributed by atoms with E-state index in [1.807, 2.05) is 0 Å². The van der Waals surface area contributed by atoms with Crippen LogP contribution in [0.3, 0.4) is 0 Å². The molecule has 0 spiro atoms. The van der Waals surface area contributed by atoms with E-state index in [1.54, 1.807) is 45.1 Å². The van der Waals surface area contributed by atoms with E-state index < -0.39 is 16.6 Å². The van der Waals surface area contributed by atoms with Crippen molar-refractivity contribution in [1.29, 1.82) is 0 Å². The summed E-state index contributed by atoms with van der Waals surface area (Å²) in [5, 5.41) is 14.2. The van der Waals surface area contributed by atoms with Gasteiger partial charge in [-0.2, -0.15) is 5.10 Å². The Kier molecular flexibility index (Phi) is 5.59. The number of hydrogen-bond acceptors (Lipinski definition) is 5. The van der Waals surface area contributed by atoms with Crippen molar-refractivity contribution in [2.24, 2.45) is 5.10 Å². The van der Waals surface area contributed by atoms with Crippen LogP contribution in [-0.2, 0) is 4.74 Å². The maximum atomic E-state index is 11.3. The topological polar surface area (TPSA) is 93.8 Å². The molecule has 1 aromatic carbocycles. The highest BCUT2D eigenvalue weighted by Gasteiger charge is 2.15. The van der Waals surface area contributed by atoms with E-state index in [2.05, 4.69) is 10.5 Å². The normalized spacial score (nSPS) is 11.8. The van der Waals surface area contributed by atoms with Crippen LogP contribution in [0.4, 0.5) is 10.5 Å². The van der Waals surface area contributed by atoms with Gasteiger partial charge < -0.3 is 4.74 Å². The van der Waals surface area contributed by atoms with Crippen molar-refractivity contribution >= 4 is 24.1 Å². The van der Waals surface area contributed by atoms with Crippen molar-refractivity contribution in [3.63, 3.8) is 0 Å². The molecule has 0 unspecified atom stereocenters. The standard InChI is InChI=1S/C14H17N3O4/c1-14(2,3)21-13(18)16-15-10-4-5-11-6-8-12(9-7-11)17(19)20/h4-10H,1-3H3,(H,16,18)/b5-4+,15-10+. The lowest BCUT2D eigenvalue weighted by atomic mass is 10.2. The molecular weight excluding hydrogens is 274 g/mol. The minimum Gasteiger partial charge on any atom is -0.443 e. The van der Waals surface area contributed by atoms with Gasteiger partial charge in [0.05, 0.1) is 4.92 Å². The molecule has 0 aliphatic heterocycles. The Morgan fingerprint density at radius 2 is 1.95 bits per heavy atom. The maximum absolute atomic E-state index is 11.3. The van der Waals surface area contributed by atoms with Crippen molar-refractivity contribution < 1.29 is 14.5 Å². The summed E-state index contributed by atoms with van der Waals surface area (Å²) in [5.41, 5.74) is 2.46. The van der Waals surface area contributed by atoms with Crippen LogP contribution in [0.2, 0.25) is 0 Å². The van der Waals surface area contributed by atoms with E-state index in [0.717, 1.165) is 5.56 Å². The summed E-state index contributed by atoms with van der Waals surface area (Å²) >= 11 is 0. The Bertz CT molecular complexity index is 557. The number of hydrazone groups is 1. The lowest BCUT2D eigenvalue weighted by molar-refractivity contribution is -0.384. The van der Waals surface area contributed by atoms with Gasteiger partial charge >= 0.3 is 6.09 Å². The molecule has 1 rings (SSSR count). The van der Waals surface area contributed by atoms with E-state index in [-0.39, 0.29) is 5.69 Å². The lowest BCUT2D eigenvalue weighted by Gasteiger charge is -2.18. The van der Waals surface area contributed by atoms with Gasteiger partial charge in [-0.25, -0.2) is 10.2 Å². The Morgan fingerprint density at radius 3 is 2.48 bits per heavy atom. The van der Waals surface area contributed by atoms with Crippen LogP contribution < -0.4 is 5.43 Å². The molecule has 0 aliphatic carbocycles. The van der Waals surface area contributed by atoms with Crippen LogP contribution in [0.5, 0.6) is 0 Å². The summed E-state index contributed by atoms with van der Waals surface area (Å²) in [6.07, 6.45) is 4.04. The number of benzene rings is 1. The Hall–Kier alpha value is -2.70. The van der Waals surface area contributed by atoms with Gasteiger partial charge in [0.25, 0.3) is 5.69 Å². The van der Waals surface area contributed by atoms with E-state index in [0.29, 0.717) is 0 Å². The fourth-order valence-corrected chi connectivity index (χ4v) is 1.30. The Morgan fingerprint density at radius 1 is 1.33 bits per heavy atom. The molecule has 21 heavy (non-hydrogen) atoms. The summed E-state index contributed by atoms with van der Waals surface area (Å²) in [7, 11) is 0. The zero-order chi connectivity index (χ0) is 15.9. The number of nitrogens with zero attached hydrogens (tertiary/aromatic N) is 2. The van der Waals surface area contributed by atoms with Crippen LogP contribution in [0.25, 0.3) is 6.08 Å². The average Bonchev–Trinajstić information content (AvgIpc) is 2.36. The Balaban J connectivity index is 2.45. The quantitative estimate of drug-likeness (QED) is 0.524. The fraction of sp³-hybridized carbons (Fsp3) is 0.286. The van der Waals surface area contributed by atoms with Crippen molar-refractivity contribution in [2.75, 3.05) is 0 Å². The number of non-ortho nitro benzene ring substituents is 1. The number of ether oxygens (including phenoxy) is 1. The molecule has 0 atom stereocenters. The minimum absolute atomic E-state index is 0.0346. The first-order valence-corrected chi connectivity index (χ1v) is 6.21. The van der Waals surface area contributed by atoms with Crippen LogP contribution in [0, 0.1) is 10.1 Å². The molecule has 1 aromatic rings. The van der Waals surface area contributed by atoms with Crippen molar-refractivity contribution in [1.82, 2.24) is 5.43 Å². The Labute approximate surface area is 122 Å². The van der Waals surface area contributed by atoms with Crippen molar-refractivity contribution in [3.8, 4) is 0 Å². The highest BCUT2D eigenvalue weighted by atomic mass is 16.6. The number of allylic oxidation sites excluding steroid dienone is 1. The number of nitro benzene ring substituents is 1. The van der Waals surface area contributed by atoms with Gasteiger partial charge in [0.2, 0.25) is 0 Å². The summed E-state index contributed by atoms with van der Waals surface area (Å²) < 4.78 is 4.99. The SMILES string of the molecule is CC(C)(C)OC(=O)N/N=C/C=C/c1ccc([N+](=O)[O-])cc1. The van der Waals surface area contributed by atoms with Crippen molar-refractivity contribution in [3.05, 3.63) is 46.0 Å². The molecule has 0 saturated heterocycles. The van der Waals surface area contributed by atoms with Crippen molar-refractivity contribution in [2.45, 2.75) is 26.4 Å². The predicted octanol–water partition coefficient (Wildman–Crippen LogP) is 3.12. The summed E-state index contributed by atoms with van der Waals surface area (Å²) in [6, 6.07) is 6.05. The largest absolute Gasteiger partial charge is 0.443 e. The second-order valence-corrected chi connectivity index (χ2v) is 5.10. The molecule has 7 nitrogen and oxygen atoms in total. The summed E-state index contributed by atoms with van der Waals surface area (Å²) in [4.78, 5) is 21.3. The van der Waals surface area contributed by atoms with Crippen LogP contribution >= 0.6 is 0 Å². The van der Waals surface area contributed by atoms with Gasteiger partial charge in [0.1, 0.15) is 5.60 Å². The minimum atomic E-state index is -0.637. The number of rotatable bonds is 4. The molecule has 0 aromatic heterocycles. The number of amides is 1. The van der Waals surface area contributed by atoms with Gasteiger partial charge in [-0.15, -0.1) is 0 Å². The fourth-order valence-electron chi connectivity index (χ4n) is 1.30. The van der Waals surface area contributed by atoms with E-state index in [9.17, 15) is 14.9 Å². The van der Waals surface area contributed by atoms with E-state index >= 15 is 0 Å². The van der Waals surface area contributed by atoms with Gasteiger partial charge in [-0.1, -0.05) is 6.08 Å². The molecular formula is C14H17N3O4. The van der Waals surface area contributed by atoms with Gasteiger partial charge in [-0.05, 0) is 44.5 Å². The molecule has 0 saturated carbocycles. The third-order valence-electron chi connectivity index (χ3n) is 2.11. The molecule has 1 amide bonds. The molecule has 0 aliphatic rings. The van der Waals surface area contributed by atoms with Gasteiger partial charge in [-0.3, -0.25) is 10.1 Å². The molecule has 0 bridgehead atoms. The monoisotopic (exact) mass is 291 g/mol. The molecule has 1 N–H and O–H groups in total. The smallest absolute Gasteiger partial charge is 0.428 e. The third kappa shape index (κ3) is 6.86. The first-order chi connectivity index (χ1) is 9.78. The first-order valence-electron chi connectivity index (χ1n) is 6.21. The number of nitrogens with one attached hydrogen (secondary N) is 1. The molecule has 0 heterocycles. The zero-order valence-electron chi connectivity index (χ0n) is 12.1. The van der Waals surface area contributed by atoms with Crippen LogP contribution in [0.1, 0.15) is 26.3 Å². The second kappa shape index (κ2) is 7.18. The summed E-state index contributed by atoms with van der Waals surface area (Å²) in [6.45, 7) is 5.26. The van der Waals surface area contributed by atoms with E-state index in [1.165, 1.54) is 18.3 Å². The molecule has 0 fully saturated rings. The average molecular weight is 291 g/mol. The highest BCUT2D eigenvalue weighted by molar-refractivity contribution is 5.79. The number of hydrogen-bond donors (Lipinski definition) is 1. The van der Waals surface area contributed by atoms with E-state index in [4.69, 9.17) is 4.74 Å². The molecule has 0 radical (unpaired) electrons. The molecule has 7 heteroatoms. The molecule has 112 valence electrons. The number of carbonyl (C=O) groups excluding carboxylic acids is 1. The predicted molar refractivity (Wildman–Crippen MR) is 80.0 cm³/mol. The first kappa shape index (κ1) is 16.4. The van der Waals surface area contributed by atoms with Gasteiger partial charge in [0, 0.05) is 18.3 Å². The van der Waals surface area contributed by atoms with Crippen LogP contribution in [0.15, 0.2) is 35.4 Å². The lowest BCUT2D eigenvalue weighted by Crippen LogP contribution is -2.29. The zero-order valence-corrected chi connectivity index (χ0v) is 12.1.